The van der Waals surface area contributed by atoms with Crippen molar-refractivity contribution in [1.82, 2.24) is 9.62 Å². The maximum atomic E-state index is 13.4. The highest BCUT2D eigenvalue weighted by Crippen LogP contribution is 2.42. The molecule has 3 aromatic rings. The number of aliphatic hydroxyl groups is 3. The second-order valence-electron chi connectivity index (χ2n) is 11.3. The van der Waals surface area contributed by atoms with E-state index in [1.165, 1.54) is 30.3 Å². The monoisotopic (exact) mass is 640 g/mol. The Labute approximate surface area is 252 Å². The van der Waals surface area contributed by atoms with Gasteiger partial charge in [-0.05, 0) is 59.9 Å². The predicted octanol–water partition coefficient (Wildman–Crippen LogP) is 4.06. The van der Waals surface area contributed by atoms with Crippen LogP contribution in [-0.4, -0.2) is 73.2 Å². The minimum atomic E-state index is -4.57. The molecule has 3 aromatic carbocycles. The molecule has 0 radical (unpaired) electrons. The summed E-state index contributed by atoms with van der Waals surface area (Å²) in [6.45, 7) is 0.175. The van der Waals surface area contributed by atoms with Crippen LogP contribution in [0, 0.1) is 5.41 Å². The van der Waals surface area contributed by atoms with E-state index < -0.39 is 45.5 Å². The Morgan fingerprint density at radius 2 is 1.67 bits per heavy atom. The van der Waals surface area contributed by atoms with Crippen LogP contribution in [0.25, 0.3) is 11.1 Å². The van der Waals surface area contributed by atoms with Gasteiger partial charge in [0.05, 0.1) is 30.5 Å². The van der Waals surface area contributed by atoms with Crippen molar-refractivity contribution >= 4 is 21.6 Å². The summed E-state index contributed by atoms with van der Waals surface area (Å²) in [5.41, 5.74) is -0.433. The number of rotatable bonds is 3. The van der Waals surface area contributed by atoms with Gasteiger partial charge in [0, 0.05) is 36.6 Å². The lowest BCUT2D eigenvalue weighted by Gasteiger charge is -2.37. The van der Waals surface area contributed by atoms with Crippen molar-refractivity contribution in [3.05, 3.63) is 82.9 Å². The minimum Gasteiger partial charge on any atom is -0.492 e. The van der Waals surface area contributed by atoms with Gasteiger partial charge in [-0.1, -0.05) is 48.0 Å². The highest BCUT2D eigenvalue weighted by Gasteiger charge is 2.46. The molecule has 0 saturated heterocycles. The number of hydrogen-bond donors (Lipinski definition) is 4. The van der Waals surface area contributed by atoms with E-state index in [9.17, 15) is 36.9 Å². The standard InChI is InChI=1S/C30H32ClF3N2O6S/c31-24-7-2-1-4-21(24)15-36-16-23(37)14-35-43(40,41)28-9-8-20(19-5-3-6-22(10-19)30(32,33)34)11-27(28)42-18-29(17-36)12-25(38)26(39)13-29/h1-11,23,25-26,35,37-39H,12-18H2/t23-,25-,26+,29?/m0/s1. The average Bonchev–Trinajstić information content (AvgIpc) is 3.23. The highest BCUT2D eigenvalue weighted by molar-refractivity contribution is 7.89. The molecule has 232 valence electrons. The molecule has 4 atom stereocenters. The summed E-state index contributed by atoms with van der Waals surface area (Å²) in [4.78, 5) is 1.63. The molecule has 1 aliphatic heterocycles. The number of halogens is 4. The molecule has 43 heavy (non-hydrogen) atoms. The normalized spacial score (nSPS) is 26.7. The van der Waals surface area contributed by atoms with Gasteiger partial charge in [0.15, 0.2) is 0 Å². The van der Waals surface area contributed by atoms with Crippen LogP contribution in [0.1, 0.15) is 24.0 Å². The number of nitrogens with zero attached hydrogens (tertiary/aromatic N) is 1. The Kier molecular flexibility index (Phi) is 9.11. The lowest BCUT2D eigenvalue weighted by Crippen LogP contribution is -2.46. The van der Waals surface area contributed by atoms with Crippen molar-refractivity contribution < 1.29 is 41.6 Å². The molecule has 5 rings (SSSR count). The van der Waals surface area contributed by atoms with E-state index in [0.717, 1.165) is 17.7 Å². The van der Waals surface area contributed by atoms with E-state index in [1.807, 2.05) is 17.0 Å². The van der Waals surface area contributed by atoms with E-state index in [0.29, 0.717) is 17.1 Å². The number of aliphatic hydroxyl groups excluding tert-OH is 3. The molecule has 13 heteroatoms. The zero-order chi connectivity index (χ0) is 31.0. The third-order valence-corrected chi connectivity index (χ3v) is 9.74. The first kappa shape index (κ1) is 31.7. The van der Waals surface area contributed by atoms with E-state index in [4.69, 9.17) is 16.3 Å². The quantitative estimate of drug-likeness (QED) is 0.341. The van der Waals surface area contributed by atoms with Gasteiger partial charge in [-0.3, -0.25) is 4.90 Å². The molecule has 4 N–H and O–H groups in total. The van der Waals surface area contributed by atoms with Crippen LogP contribution >= 0.6 is 11.6 Å². The van der Waals surface area contributed by atoms with E-state index in [-0.39, 0.29) is 55.3 Å². The van der Waals surface area contributed by atoms with Crippen molar-refractivity contribution in [3.63, 3.8) is 0 Å². The number of β-amino-alcohol motifs (C(OH)–C–C–N with tert-alkyl or cyclic N) is 1. The predicted molar refractivity (Wildman–Crippen MR) is 154 cm³/mol. The van der Waals surface area contributed by atoms with E-state index >= 15 is 0 Å². The van der Waals surface area contributed by atoms with Crippen LogP contribution in [0.2, 0.25) is 5.02 Å². The van der Waals surface area contributed by atoms with Gasteiger partial charge < -0.3 is 20.1 Å². The molecule has 0 aromatic heterocycles. The zero-order valence-corrected chi connectivity index (χ0v) is 24.5. The molecular weight excluding hydrogens is 609 g/mol. The van der Waals surface area contributed by atoms with E-state index in [2.05, 4.69) is 4.72 Å². The molecule has 8 nitrogen and oxygen atoms in total. The van der Waals surface area contributed by atoms with Crippen LogP contribution in [0.15, 0.2) is 71.6 Å². The van der Waals surface area contributed by atoms with Crippen molar-refractivity contribution in [2.45, 2.75) is 48.8 Å². The number of hydrogen-bond acceptors (Lipinski definition) is 7. The number of ether oxygens (including phenoxy) is 1. The molecule has 2 aliphatic rings. The molecule has 0 amide bonds. The van der Waals surface area contributed by atoms with Crippen LogP contribution in [0.5, 0.6) is 5.75 Å². The molecule has 1 heterocycles. The first-order chi connectivity index (χ1) is 20.2. The summed E-state index contributed by atoms with van der Waals surface area (Å²) in [6, 6.07) is 15.8. The molecule has 1 aliphatic carbocycles. The van der Waals surface area contributed by atoms with Gasteiger partial charge in [0.2, 0.25) is 10.0 Å². The van der Waals surface area contributed by atoms with Crippen molar-refractivity contribution in [2.24, 2.45) is 5.41 Å². The van der Waals surface area contributed by atoms with Crippen molar-refractivity contribution in [2.75, 3.05) is 26.2 Å². The van der Waals surface area contributed by atoms with Crippen LogP contribution in [-0.2, 0) is 22.7 Å². The lowest BCUT2D eigenvalue weighted by molar-refractivity contribution is -0.137. The first-order valence-electron chi connectivity index (χ1n) is 13.7. The van der Waals surface area contributed by atoms with Crippen LogP contribution in [0.3, 0.4) is 0 Å². The first-order valence-corrected chi connectivity index (χ1v) is 15.5. The fourth-order valence-corrected chi connectivity index (χ4v) is 7.23. The van der Waals surface area contributed by atoms with Gasteiger partial charge in [-0.2, -0.15) is 13.2 Å². The molecule has 1 saturated carbocycles. The van der Waals surface area contributed by atoms with Crippen molar-refractivity contribution in [1.29, 1.82) is 0 Å². The summed E-state index contributed by atoms with van der Waals surface area (Å²) in [7, 11) is -4.23. The summed E-state index contributed by atoms with van der Waals surface area (Å²) < 4.78 is 75.4. The second kappa shape index (κ2) is 12.4. The van der Waals surface area contributed by atoms with Gasteiger partial charge in [0.25, 0.3) is 0 Å². The fraction of sp³-hybridized carbons (Fsp3) is 0.400. The summed E-state index contributed by atoms with van der Waals surface area (Å²) >= 11 is 6.40. The third kappa shape index (κ3) is 7.34. The van der Waals surface area contributed by atoms with Gasteiger partial charge >= 0.3 is 6.18 Å². The van der Waals surface area contributed by atoms with Crippen molar-refractivity contribution in [3.8, 4) is 16.9 Å². The van der Waals surface area contributed by atoms with E-state index in [1.54, 1.807) is 12.1 Å². The maximum absolute atomic E-state index is 13.4. The highest BCUT2D eigenvalue weighted by atomic mass is 35.5. The Bertz CT molecular complexity index is 1560. The Morgan fingerprint density at radius 1 is 0.977 bits per heavy atom. The minimum absolute atomic E-state index is 0.0586. The van der Waals surface area contributed by atoms with Gasteiger partial charge in [-0.15, -0.1) is 0 Å². The molecule has 1 unspecified atom stereocenters. The summed E-state index contributed by atoms with van der Waals surface area (Å²) in [6.07, 6.45) is -7.52. The average molecular weight is 641 g/mol. The largest absolute Gasteiger partial charge is 0.492 e. The smallest absolute Gasteiger partial charge is 0.416 e. The number of fused-ring (bicyclic) bond motifs is 1. The Hall–Kier alpha value is -2.71. The summed E-state index contributed by atoms with van der Waals surface area (Å²) in [5.74, 6) is -0.106. The second-order valence-corrected chi connectivity index (χ2v) is 13.5. The summed E-state index contributed by atoms with van der Waals surface area (Å²) in [5, 5.41) is 32.5. The van der Waals surface area contributed by atoms with Crippen LogP contribution < -0.4 is 9.46 Å². The maximum Gasteiger partial charge on any atom is 0.416 e. The third-order valence-electron chi connectivity index (χ3n) is 7.91. The SMILES string of the molecule is O=S1(=O)NC[C@H](O)CN(Cc2ccccc2Cl)CC2(COc3cc(-c4cccc(C(F)(F)F)c4)ccc31)C[C@@H](O)[C@@H](O)C2. The lowest BCUT2D eigenvalue weighted by atomic mass is 9.85. The fourth-order valence-electron chi connectivity index (χ4n) is 5.84. The zero-order valence-electron chi connectivity index (χ0n) is 23.0. The topological polar surface area (TPSA) is 119 Å². The molecule has 0 bridgehead atoms. The number of sulfonamides is 1. The number of alkyl halides is 3. The molecule has 1 spiro atoms. The Balaban J connectivity index is 1.54. The Morgan fingerprint density at radius 3 is 2.37 bits per heavy atom. The van der Waals surface area contributed by atoms with Crippen LogP contribution in [0.4, 0.5) is 13.2 Å². The molecular formula is C30H32ClF3N2O6S. The van der Waals surface area contributed by atoms with Gasteiger partial charge in [-0.25, -0.2) is 13.1 Å². The number of nitrogens with one attached hydrogen (secondary N) is 1. The molecule has 1 fully saturated rings. The number of benzene rings is 3. The van der Waals surface area contributed by atoms with Gasteiger partial charge in [0.1, 0.15) is 10.6 Å².